The molecule has 4 nitrogen and oxygen atoms in total. The van der Waals surface area contributed by atoms with Crippen molar-refractivity contribution in [3.05, 3.63) is 58.7 Å². The van der Waals surface area contributed by atoms with Gasteiger partial charge in [0.1, 0.15) is 12.2 Å². The fourth-order valence-corrected chi connectivity index (χ4v) is 5.39. The molecular weight excluding hydrogens is 344 g/mol. The summed E-state index contributed by atoms with van der Waals surface area (Å²) in [5.41, 5.74) is 3.09. The largest absolute Gasteiger partial charge is 0.454 e. The summed E-state index contributed by atoms with van der Waals surface area (Å²) in [6, 6.07) is 11.5. The van der Waals surface area contributed by atoms with Crippen LogP contribution in [0.25, 0.3) is 0 Å². The average molecular weight is 358 g/mol. The Morgan fingerprint density at radius 2 is 1.17 bits per heavy atom. The van der Waals surface area contributed by atoms with Crippen LogP contribution in [-0.4, -0.2) is 11.9 Å². The first-order valence-electron chi connectivity index (χ1n) is 7.58. The number of esters is 2. The van der Waals surface area contributed by atoms with E-state index in [9.17, 15) is 9.59 Å². The molecule has 24 heavy (non-hydrogen) atoms. The highest BCUT2D eigenvalue weighted by Gasteiger charge is 2.32. The fourth-order valence-electron chi connectivity index (χ4n) is 3.01. The van der Waals surface area contributed by atoms with Gasteiger partial charge in [-0.1, -0.05) is 45.9 Å². The lowest BCUT2D eigenvalue weighted by atomic mass is 10.1. The van der Waals surface area contributed by atoms with Gasteiger partial charge >= 0.3 is 11.9 Å². The van der Waals surface area contributed by atoms with Crippen LogP contribution in [0.4, 0.5) is 0 Å². The molecule has 2 aliphatic rings. The third-order valence-corrected chi connectivity index (χ3v) is 6.64. The number of fused-ring (bicyclic) bond motifs is 2. The van der Waals surface area contributed by atoms with Crippen molar-refractivity contribution >= 4 is 33.5 Å². The molecule has 2 atom stereocenters. The molecule has 0 aromatic heterocycles. The fraction of sp³-hybridized carbons (Fsp3) is 0.222. The summed E-state index contributed by atoms with van der Waals surface area (Å²) >= 11 is 0. The highest BCUT2D eigenvalue weighted by Crippen LogP contribution is 2.46. The lowest BCUT2D eigenvalue weighted by Gasteiger charge is -2.07. The molecule has 0 saturated heterocycles. The summed E-state index contributed by atoms with van der Waals surface area (Å²) in [4.78, 5) is 25.8. The number of ether oxygens (including phenoxy) is 2. The Hall–Kier alpha value is -1.92. The number of hydrogen-bond acceptors (Lipinski definition) is 6. The molecule has 0 spiro atoms. The predicted octanol–water partition coefficient (Wildman–Crippen LogP) is 4.95. The second-order valence-electron chi connectivity index (χ2n) is 5.70. The molecule has 2 aliphatic heterocycles. The van der Waals surface area contributed by atoms with E-state index >= 15 is 0 Å². The van der Waals surface area contributed by atoms with Crippen LogP contribution in [0.15, 0.2) is 46.2 Å². The van der Waals surface area contributed by atoms with Gasteiger partial charge in [0.25, 0.3) is 0 Å². The van der Waals surface area contributed by atoms with E-state index in [-0.39, 0.29) is 24.1 Å². The zero-order valence-corrected chi connectivity index (χ0v) is 14.7. The van der Waals surface area contributed by atoms with Crippen molar-refractivity contribution < 1.29 is 19.1 Å². The van der Waals surface area contributed by atoms with E-state index in [1.807, 2.05) is 50.2 Å². The summed E-state index contributed by atoms with van der Waals surface area (Å²) in [5, 5.41) is 0. The first-order chi connectivity index (χ1) is 11.6. The summed E-state index contributed by atoms with van der Waals surface area (Å²) in [6.45, 7) is 3.74. The number of cyclic esters (lactones) is 2. The Morgan fingerprint density at radius 1 is 0.750 bits per heavy atom. The Kier molecular flexibility index (Phi) is 3.81. The lowest BCUT2D eigenvalue weighted by molar-refractivity contribution is 0.0409. The minimum Gasteiger partial charge on any atom is -0.454 e. The predicted molar refractivity (Wildman–Crippen MR) is 92.3 cm³/mol. The van der Waals surface area contributed by atoms with E-state index in [0.29, 0.717) is 11.1 Å². The van der Waals surface area contributed by atoms with Gasteiger partial charge in [-0.2, -0.15) is 0 Å². The summed E-state index contributed by atoms with van der Waals surface area (Å²) in [7, 11) is 2.92. The van der Waals surface area contributed by atoms with Crippen molar-refractivity contribution in [3.63, 3.8) is 0 Å². The second kappa shape index (κ2) is 5.86. The third-order valence-electron chi connectivity index (χ3n) is 4.19. The third kappa shape index (κ3) is 2.41. The maximum Gasteiger partial charge on any atom is 0.340 e. The topological polar surface area (TPSA) is 52.6 Å². The van der Waals surface area contributed by atoms with Gasteiger partial charge in [0.15, 0.2) is 0 Å². The Morgan fingerprint density at radius 3 is 1.58 bits per heavy atom. The zero-order valence-electron chi connectivity index (χ0n) is 13.1. The monoisotopic (exact) mass is 358 g/mol. The molecule has 2 unspecified atom stereocenters. The molecular formula is C18H14O4S2. The maximum absolute atomic E-state index is 12.1. The molecule has 2 heterocycles. The van der Waals surface area contributed by atoms with Crippen molar-refractivity contribution in [2.24, 2.45) is 0 Å². The van der Waals surface area contributed by atoms with Gasteiger partial charge in [-0.3, -0.25) is 0 Å². The van der Waals surface area contributed by atoms with Crippen LogP contribution < -0.4 is 0 Å². The Bertz CT molecular complexity index is 791. The van der Waals surface area contributed by atoms with E-state index in [4.69, 9.17) is 9.47 Å². The van der Waals surface area contributed by atoms with E-state index in [1.165, 1.54) is 21.6 Å². The SMILES string of the molecule is CC1OC(=O)c2c(SSc3cccc4c3C(=O)OC4C)cccc21. The molecule has 0 N–H and O–H groups in total. The summed E-state index contributed by atoms with van der Waals surface area (Å²) in [5.74, 6) is -0.569. The van der Waals surface area contributed by atoms with Crippen LogP contribution in [0, 0.1) is 0 Å². The van der Waals surface area contributed by atoms with Crippen LogP contribution in [0.3, 0.4) is 0 Å². The zero-order chi connectivity index (χ0) is 16.8. The van der Waals surface area contributed by atoms with Crippen molar-refractivity contribution in [1.29, 1.82) is 0 Å². The standard InChI is InChI=1S/C18H14O4S2/c1-9-11-5-3-7-13(15(11)17(19)21-9)23-24-14-8-4-6-12-10(2)22-18(20)16(12)14/h3-10H,1-2H3. The highest BCUT2D eigenvalue weighted by atomic mass is 33.1. The molecule has 122 valence electrons. The van der Waals surface area contributed by atoms with Crippen molar-refractivity contribution in [3.8, 4) is 0 Å². The van der Waals surface area contributed by atoms with E-state index in [0.717, 1.165) is 20.9 Å². The van der Waals surface area contributed by atoms with Crippen molar-refractivity contribution in [1.82, 2.24) is 0 Å². The number of rotatable bonds is 3. The van der Waals surface area contributed by atoms with Gasteiger partial charge in [0, 0.05) is 20.9 Å². The highest BCUT2D eigenvalue weighted by molar-refractivity contribution is 8.76. The number of carbonyl (C=O) groups excluding carboxylic acids is 2. The number of benzene rings is 2. The first kappa shape index (κ1) is 15.6. The molecule has 0 amide bonds. The smallest absolute Gasteiger partial charge is 0.340 e. The molecule has 0 aliphatic carbocycles. The maximum atomic E-state index is 12.1. The number of hydrogen-bond donors (Lipinski definition) is 0. The molecule has 0 saturated carbocycles. The van der Waals surface area contributed by atoms with Crippen LogP contribution >= 0.6 is 21.6 Å². The lowest BCUT2D eigenvalue weighted by Crippen LogP contribution is -1.97. The normalized spacial score (nSPS) is 21.2. The van der Waals surface area contributed by atoms with E-state index in [2.05, 4.69) is 0 Å². The van der Waals surface area contributed by atoms with Crippen LogP contribution in [0.5, 0.6) is 0 Å². The molecule has 4 rings (SSSR count). The van der Waals surface area contributed by atoms with Crippen LogP contribution in [-0.2, 0) is 9.47 Å². The van der Waals surface area contributed by atoms with E-state index in [1.54, 1.807) is 0 Å². The van der Waals surface area contributed by atoms with Gasteiger partial charge < -0.3 is 9.47 Å². The number of carbonyl (C=O) groups is 2. The van der Waals surface area contributed by atoms with Crippen LogP contribution in [0.2, 0.25) is 0 Å². The minimum absolute atomic E-state index is 0.213. The Balaban J connectivity index is 1.65. The molecule has 0 bridgehead atoms. The molecule has 2 aromatic carbocycles. The van der Waals surface area contributed by atoms with Gasteiger partial charge in [0.2, 0.25) is 0 Å². The summed E-state index contributed by atoms with van der Waals surface area (Å²) in [6.07, 6.45) is -0.426. The molecule has 0 radical (unpaired) electrons. The second-order valence-corrected chi connectivity index (χ2v) is 7.92. The van der Waals surface area contributed by atoms with E-state index < -0.39 is 0 Å². The first-order valence-corrected chi connectivity index (χ1v) is 9.73. The Labute approximate surface area is 147 Å². The van der Waals surface area contributed by atoms with Gasteiger partial charge in [-0.05, 0) is 26.0 Å². The molecule has 2 aromatic rings. The summed E-state index contributed by atoms with van der Waals surface area (Å²) < 4.78 is 10.6. The molecule has 6 heteroatoms. The average Bonchev–Trinajstić information content (AvgIpc) is 3.03. The van der Waals surface area contributed by atoms with Gasteiger partial charge in [-0.15, -0.1) is 0 Å². The van der Waals surface area contributed by atoms with Crippen molar-refractivity contribution in [2.75, 3.05) is 0 Å². The minimum atomic E-state index is -0.285. The quantitative estimate of drug-likeness (QED) is 0.572. The van der Waals surface area contributed by atoms with Crippen LogP contribution in [0.1, 0.15) is 57.9 Å². The van der Waals surface area contributed by atoms with Gasteiger partial charge in [-0.25, -0.2) is 9.59 Å². The van der Waals surface area contributed by atoms with Crippen molar-refractivity contribution in [2.45, 2.75) is 35.8 Å². The molecule has 0 fully saturated rings. The van der Waals surface area contributed by atoms with Gasteiger partial charge in [0.05, 0.1) is 11.1 Å².